The summed E-state index contributed by atoms with van der Waals surface area (Å²) in [6.45, 7) is 0. The number of alkyl halides is 1. The molecule has 0 heterocycles. The largest absolute Gasteiger partial charge is 0.496 e. The molecule has 5 N–H and O–H groups in total. The van der Waals surface area contributed by atoms with E-state index < -0.39 is 12.2 Å². The molecule has 4 atom stereocenters. The van der Waals surface area contributed by atoms with Crippen LogP contribution < -0.4 is 20.5 Å². The Hall–Kier alpha value is -2.32. The normalized spacial score (nSPS) is 23.7. The summed E-state index contributed by atoms with van der Waals surface area (Å²) in [7, 11) is 3.26. The molecule has 2 aromatic carbocycles. The summed E-state index contributed by atoms with van der Waals surface area (Å²) in [4.78, 5) is 11.3. The number of hydrogen-bond acceptors (Lipinski definition) is 6. The molecule has 0 unspecified atom stereocenters. The quantitative estimate of drug-likeness (QED) is 0.510. The van der Waals surface area contributed by atoms with Crippen molar-refractivity contribution in [3.05, 3.63) is 58.7 Å². The van der Waals surface area contributed by atoms with E-state index in [9.17, 15) is 15.0 Å². The van der Waals surface area contributed by atoms with Crippen LogP contribution in [0, 0.1) is 0 Å². The van der Waals surface area contributed by atoms with Gasteiger partial charge in [0, 0.05) is 24.4 Å². The maximum atomic E-state index is 11.3. The molecule has 0 saturated carbocycles. The second kappa shape index (κ2) is 11.0. The highest BCUT2D eigenvalue weighted by molar-refractivity contribution is 6.27. The van der Waals surface area contributed by atoms with Crippen LogP contribution in [0.25, 0.3) is 0 Å². The molecule has 0 aromatic heterocycles. The minimum absolute atomic E-state index is 0.0891. The van der Waals surface area contributed by atoms with Crippen molar-refractivity contribution in [2.75, 3.05) is 20.1 Å². The highest BCUT2D eigenvalue weighted by atomic mass is 35.5. The molecule has 7 nitrogen and oxygen atoms in total. The van der Waals surface area contributed by atoms with Crippen LogP contribution in [-0.4, -0.2) is 60.5 Å². The molecule has 2 aliphatic carbocycles. The van der Waals surface area contributed by atoms with Crippen molar-refractivity contribution in [2.24, 2.45) is 5.73 Å². The van der Waals surface area contributed by atoms with E-state index in [0.29, 0.717) is 19.3 Å². The van der Waals surface area contributed by atoms with Crippen LogP contribution in [0.2, 0.25) is 0 Å². The number of nitrogens with one attached hydrogen (secondary N) is 1. The number of ether oxygens (including phenoxy) is 2. The summed E-state index contributed by atoms with van der Waals surface area (Å²) in [6, 6.07) is 11.3. The van der Waals surface area contributed by atoms with E-state index in [1.165, 1.54) is 5.56 Å². The van der Waals surface area contributed by atoms with Crippen LogP contribution in [0.1, 0.15) is 22.3 Å². The molecule has 1 amide bonds. The summed E-state index contributed by atoms with van der Waals surface area (Å²) < 4.78 is 10.5. The lowest BCUT2D eigenvalue weighted by atomic mass is 9.85. The van der Waals surface area contributed by atoms with E-state index in [4.69, 9.17) is 26.8 Å². The second-order valence-corrected chi connectivity index (χ2v) is 8.39. The first-order chi connectivity index (χ1) is 15.4. The van der Waals surface area contributed by atoms with Crippen LogP contribution in [0.3, 0.4) is 0 Å². The third kappa shape index (κ3) is 5.53. The zero-order valence-corrected chi connectivity index (χ0v) is 19.1. The van der Waals surface area contributed by atoms with Gasteiger partial charge in [-0.2, -0.15) is 0 Å². The summed E-state index contributed by atoms with van der Waals surface area (Å²) >= 11 is 5.45. The van der Waals surface area contributed by atoms with Crippen molar-refractivity contribution in [1.82, 2.24) is 5.32 Å². The number of amides is 1. The first kappa shape index (κ1) is 24.3. The van der Waals surface area contributed by atoms with Crippen molar-refractivity contribution in [2.45, 2.75) is 50.0 Å². The summed E-state index contributed by atoms with van der Waals surface area (Å²) in [5.41, 5.74) is 10.2. The monoisotopic (exact) mass is 462 g/mol. The van der Waals surface area contributed by atoms with Gasteiger partial charge < -0.3 is 30.7 Å². The zero-order valence-electron chi connectivity index (χ0n) is 18.4. The summed E-state index contributed by atoms with van der Waals surface area (Å²) in [5, 5.41) is 22.5. The smallest absolute Gasteiger partial charge is 0.235 e. The SMILES string of the molecule is COc1cccc2c1C[C@@H](O)[C@H](N)C2.COc1cccc2c1C[C@@H](O)[C@H](NC(=O)CCl)C2. The Morgan fingerprint density at radius 3 is 2.03 bits per heavy atom. The Labute approximate surface area is 193 Å². The molecule has 4 rings (SSSR count). The summed E-state index contributed by atoms with van der Waals surface area (Å²) in [5.74, 6) is 1.29. The minimum atomic E-state index is -0.610. The summed E-state index contributed by atoms with van der Waals surface area (Å²) in [6.07, 6.45) is 1.34. The van der Waals surface area contributed by atoms with E-state index >= 15 is 0 Å². The standard InChI is InChI=1S/C13H16ClNO3.C11H15NO2/c1-18-12-4-2-3-8-5-10(15-13(17)7-14)11(16)6-9(8)12;1-14-11-4-2-3-7-5-9(12)10(13)6-8(7)11/h2-4,10-11,16H,5-7H2,1H3,(H,15,17);2-4,9-10,13H,5-6,12H2,1H3/t10-,11-;9-,10-/m11/s1. The third-order valence-corrected chi connectivity index (χ3v) is 6.29. The maximum Gasteiger partial charge on any atom is 0.235 e. The fourth-order valence-electron chi connectivity index (χ4n) is 4.32. The van der Waals surface area contributed by atoms with Crippen LogP contribution >= 0.6 is 11.6 Å². The first-order valence-electron chi connectivity index (χ1n) is 10.6. The van der Waals surface area contributed by atoms with Crippen molar-refractivity contribution in [3.8, 4) is 11.5 Å². The lowest BCUT2D eigenvalue weighted by molar-refractivity contribution is -0.120. The number of nitrogens with two attached hydrogens (primary N) is 1. The molecule has 0 bridgehead atoms. The van der Waals surface area contributed by atoms with E-state index in [0.717, 1.165) is 34.6 Å². The van der Waals surface area contributed by atoms with E-state index in [1.54, 1.807) is 14.2 Å². The Balaban J connectivity index is 0.000000186. The first-order valence-corrected chi connectivity index (χ1v) is 11.2. The van der Waals surface area contributed by atoms with Crippen molar-refractivity contribution < 1.29 is 24.5 Å². The van der Waals surface area contributed by atoms with Gasteiger partial charge in [0.1, 0.15) is 17.4 Å². The molecule has 0 spiro atoms. The van der Waals surface area contributed by atoms with Gasteiger partial charge in [0.15, 0.2) is 0 Å². The zero-order chi connectivity index (χ0) is 23.3. The molecule has 0 saturated heterocycles. The van der Waals surface area contributed by atoms with Crippen LogP contribution in [-0.2, 0) is 30.5 Å². The number of carbonyl (C=O) groups excluding carboxylic acids is 1. The predicted octanol–water partition coefficient (Wildman–Crippen LogP) is 1.36. The molecule has 0 fully saturated rings. The van der Waals surface area contributed by atoms with E-state index in [-0.39, 0.29) is 23.9 Å². The van der Waals surface area contributed by atoms with Gasteiger partial charge in [0.05, 0.1) is 32.5 Å². The fraction of sp³-hybridized carbons (Fsp3) is 0.458. The number of aliphatic hydroxyl groups is 2. The van der Waals surface area contributed by atoms with Gasteiger partial charge in [-0.05, 0) is 41.7 Å². The van der Waals surface area contributed by atoms with Crippen molar-refractivity contribution >= 4 is 17.5 Å². The Morgan fingerprint density at radius 1 is 0.969 bits per heavy atom. The molecule has 32 heavy (non-hydrogen) atoms. The van der Waals surface area contributed by atoms with Crippen LogP contribution in [0.5, 0.6) is 11.5 Å². The predicted molar refractivity (Wildman–Crippen MR) is 123 cm³/mol. The minimum Gasteiger partial charge on any atom is -0.496 e. The van der Waals surface area contributed by atoms with Gasteiger partial charge in [-0.25, -0.2) is 0 Å². The highest BCUT2D eigenvalue weighted by Gasteiger charge is 2.29. The number of methoxy groups -OCH3 is 2. The number of hydrogen-bond donors (Lipinski definition) is 4. The molecule has 2 aliphatic rings. The van der Waals surface area contributed by atoms with E-state index in [2.05, 4.69) is 5.32 Å². The molecule has 2 aromatic rings. The lowest BCUT2D eigenvalue weighted by Crippen LogP contribution is -2.48. The number of benzene rings is 2. The second-order valence-electron chi connectivity index (χ2n) is 8.12. The van der Waals surface area contributed by atoms with Gasteiger partial charge in [0.25, 0.3) is 0 Å². The Kier molecular flexibility index (Phi) is 8.37. The molecule has 174 valence electrons. The van der Waals surface area contributed by atoms with Gasteiger partial charge in [-0.3, -0.25) is 4.79 Å². The van der Waals surface area contributed by atoms with Crippen molar-refractivity contribution in [3.63, 3.8) is 0 Å². The number of rotatable bonds is 4. The highest BCUT2D eigenvalue weighted by Crippen LogP contribution is 2.30. The van der Waals surface area contributed by atoms with Gasteiger partial charge >= 0.3 is 0 Å². The van der Waals surface area contributed by atoms with Crippen LogP contribution in [0.4, 0.5) is 0 Å². The molecule has 0 radical (unpaired) electrons. The Bertz CT molecular complexity index is 939. The van der Waals surface area contributed by atoms with Gasteiger partial charge in [-0.1, -0.05) is 24.3 Å². The van der Waals surface area contributed by atoms with Gasteiger partial charge in [-0.15, -0.1) is 11.6 Å². The molecular weight excluding hydrogens is 432 g/mol. The number of fused-ring (bicyclic) bond motifs is 2. The Morgan fingerprint density at radius 2 is 1.50 bits per heavy atom. The lowest BCUT2D eigenvalue weighted by Gasteiger charge is -2.31. The average Bonchev–Trinajstić information content (AvgIpc) is 2.80. The molecule has 0 aliphatic heterocycles. The third-order valence-electron chi connectivity index (χ3n) is 6.05. The fourth-order valence-corrected chi connectivity index (χ4v) is 4.40. The molecular formula is C24H31ClN2O5. The number of halogens is 1. The van der Waals surface area contributed by atoms with Gasteiger partial charge in [0.2, 0.25) is 5.91 Å². The average molecular weight is 463 g/mol. The van der Waals surface area contributed by atoms with Crippen LogP contribution in [0.15, 0.2) is 36.4 Å². The maximum absolute atomic E-state index is 11.3. The van der Waals surface area contributed by atoms with E-state index in [1.807, 2.05) is 36.4 Å². The van der Waals surface area contributed by atoms with Crippen molar-refractivity contribution in [1.29, 1.82) is 0 Å². The number of carbonyl (C=O) groups is 1. The topological polar surface area (TPSA) is 114 Å². The number of aliphatic hydroxyl groups excluding tert-OH is 2. The molecule has 8 heteroatoms.